The minimum Gasteiger partial charge on any atom is -0.411 e. The van der Waals surface area contributed by atoms with E-state index in [-0.39, 0.29) is 0 Å². The van der Waals surface area contributed by atoms with Gasteiger partial charge < -0.3 is 5.21 Å². The van der Waals surface area contributed by atoms with E-state index in [1.54, 1.807) is 4.40 Å². The van der Waals surface area contributed by atoms with Gasteiger partial charge in [-0.3, -0.25) is 4.40 Å². The van der Waals surface area contributed by atoms with E-state index in [0.29, 0.717) is 11.5 Å². The highest BCUT2D eigenvalue weighted by atomic mass is 16.4. The maximum Gasteiger partial charge on any atom is 0.182 e. The predicted molar refractivity (Wildman–Crippen MR) is 48.9 cm³/mol. The minimum absolute atomic E-state index is 0.540. The van der Waals surface area contributed by atoms with Gasteiger partial charge in [-0.2, -0.15) is 0 Å². The standard InChI is InChI=1S/C8H5N5O/c14-11-3-6-12-8-7-5(9-4-10-8)1-2-13(6)7/h1-4,14H. The van der Waals surface area contributed by atoms with E-state index in [1.165, 1.54) is 12.5 Å². The fourth-order valence-electron chi connectivity index (χ4n) is 1.53. The smallest absolute Gasteiger partial charge is 0.182 e. The summed E-state index contributed by atoms with van der Waals surface area (Å²) in [6.45, 7) is 0. The molecule has 0 saturated carbocycles. The van der Waals surface area contributed by atoms with Crippen molar-refractivity contribution in [3.8, 4) is 0 Å². The molecule has 0 spiro atoms. The Morgan fingerprint density at radius 2 is 2.36 bits per heavy atom. The Kier molecular flexibility index (Phi) is 1.22. The topological polar surface area (TPSA) is 75.7 Å². The molecular weight excluding hydrogens is 182 g/mol. The number of imidazole rings is 1. The number of rotatable bonds is 1. The molecule has 3 heterocycles. The third-order valence-electron chi connectivity index (χ3n) is 2.09. The molecule has 6 nitrogen and oxygen atoms in total. The highest BCUT2D eigenvalue weighted by Gasteiger charge is 2.11. The molecule has 0 amide bonds. The zero-order chi connectivity index (χ0) is 9.54. The number of hydrogen-bond acceptors (Lipinski definition) is 5. The van der Waals surface area contributed by atoms with Crippen LogP contribution < -0.4 is 0 Å². The summed E-state index contributed by atoms with van der Waals surface area (Å²) in [5.41, 5.74) is 2.29. The number of nitrogens with zero attached hydrogens (tertiary/aromatic N) is 5. The fraction of sp³-hybridized carbons (Fsp3) is 0. The van der Waals surface area contributed by atoms with Gasteiger partial charge in [0.15, 0.2) is 11.5 Å². The molecule has 0 radical (unpaired) electrons. The SMILES string of the molecule is ON=Cc1nc2ncnc3ccn1c32. The average molecular weight is 187 g/mol. The molecule has 14 heavy (non-hydrogen) atoms. The second-order valence-electron chi connectivity index (χ2n) is 2.83. The number of oxime groups is 1. The van der Waals surface area contributed by atoms with Crippen molar-refractivity contribution < 1.29 is 5.21 Å². The summed E-state index contributed by atoms with van der Waals surface area (Å²) in [6, 6.07) is 1.86. The van der Waals surface area contributed by atoms with E-state index < -0.39 is 0 Å². The van der Waals surface area contributed by atoms with E-state index in [4.69, 9.17) is 5.21 Å². The van der Waals surface area contributed by atoms with Crippen LogP contribution in [0.3, 0.4) is 0 Å². The molecule has 0 aliphatic rings. The van der Waals surface area contributed by atoms with E-state index in [1.807, 2.05) is 12.3 Å². The molecule has 0 atom stereocenters. The van der Waals surface area contributed by atoms with Gasteiger partial charge in [0.2, 0.25) is 0 Å². The van der Waals surface area contributed by atoms with Crippen LogP contribution in [0.25, 0.3) is 16.7 Å². The lowest BCUT2D eigenvalue weighted by atomic mass is 10.4. The zero-order valence-electron chi connectivity index (χ0n) is 6.99. The first kappa shape index (κ1) is 7.19. The molecule has 0 aliphatic carbocycles. The predicted octanol–water partition coefficient (Wildman–Crippen LogP) is 0.523. The van der Waals surface area contributed by atoms with Gasteiger partial charge >= 0.3 is 0 Å². The van der Waals surface area contributed by atoms with Crippen molar-refractivity contribution in [3.63, 3.8) is 0 Å². The van der Waals surface area contributed by atoms with Crippen LogP contribution in [0.2, 0.25) is 0 Å². The van der Waals surface area contributed by atoms with Gasteiger partial charge in [0.25, 0.3) is 0 Å². The molecule has 3 aromatic heterocycles. The summed E-state index contributed by atoms with van der Waals surface area (Å²) in [6.07, 6.45) is 4.54. The van der Waals surface area contributed by atoms with Crippen LogP contribution in [0.4, 0.5) is 0 Å². The van der Waals surface area contributed by atoms with Gasteiger partial charge in [-0.05, 0) is 6.07 Å². The summed E-state index contributed by atoms with van der Waals surface area (Å²) in [4.78, 5) is 12.3. The van der Waals surface area contributed by atoms with E-state index >= 15 is 0 Å². The molecule has 0 fully saturated rings. The largest absolute Gasteiger partial charge is 0.411 e. The molecule has 1 N–H and O–H groups in total. The Labute approximate surface area is 77.9 Å². The average Bonchev–Trinajstić information content (AvgIpc) is 2.75. The van der Waals surface area contributed by atoms with Crippen molar-refractivity contribution in [2.24, 2.45) is 5.16 Å². The maximum absolute atomic E-state index is 8.44. The quantitative estimate of drug-likeness (QED) is 0.342. The lowest BCUT2D eigenvalue weighted by molar-refractivity contribution is 0.321. The first-order valence-electron chi connectivity index (χ1n) is 3.99. The highest BCUT2D eigenvalue weighted by molar-refractivity contribution is 5.93. The van der Waals surface area contributed by atoms with Crippen molar-refractivity contribution in [1.82, 2.24) is 19.4 Å². The van der Waals surface area contributed by atoms with E-state index in [2.05, 4.69) is 20.1 Å². The Bertz CT molecular complexity index is 614. The number of aromatic nitrogens is 4. The third kappa shape index (κ3) is 0.743. The van der Waals surface area contributed by atoms with Gasteiger partial charge in [0.1, 0.15) is 18.1 Å². The first-order valence-corrected chi connectivity index (χ1v) is 3.99. The van der Waals surface area contributed by atoms with Crippen LogP contribution in [0.15, 0.2) is 23.7 Å². The molecule has 0 aliphatic heterocycles. The second kappa shape index (κ2) is 2.38. The van der Waals surface area contributed by atoms with Crippen LogP contribution in [0.1, 0.15) is 5.82 Å². The summed E-state index contributed by atoms with van der Waals surface area (Å²) in [5.74, 6) is 0.540. The van der Waals surface area contributed by atoms with Crippen LogP contribution >= 0.6 is 0 Å². The van der Waals surface area contributed by atoms with Crippen LogP contribution in [0.5, 0.6) is 0 Å². The van der Waals surface area contributed by atoms with E-state index in [9.17, 15) is 0 Å². The third-order valence-corrected chi connectivity index (χ3v) is 2.09. The molecule has 0 bridgehead atoms. The second-order valence-corrected chi connectivity index (χ2v) is 2.83. The number of hydrogen-bond donors (Lipinski definition) is 1. The van der Waals surface area contributed by atoms with Gasteiger partial charge in [-0.15, -0.1) is 0 Å². The van der Waals surface area contributed by atoms with Crippen LogP contribution in [-0.4, -0.2) is 30.8 Å². The van der Waals surface area contributed by atoms with Gasteiger partial charge in [-0.1, -0.05) is 5.16 Å². The normalized spacial score (nSPS) is 12.3. The lowest BCUT2D eigenvalue weighted by Gasteiger charge is -1.86. The van der Waals surface area contributed by atoms with Gasteiger partial charge in [0, 0.05) is 6.20 Å². The van der Waals surface area contributed by atoms with Gasteiger partial charge in [0.05, 0.1) is 5.52 Å². The van der Waals surface area contributed by atoms with Crippen molar-refractivity contribution in [3.05, 3.63) is 24.4 Å². The first-order chi connectivity index (χ1) is 6.90. The highest BCUT2D eigenvalue weighted by Crippen LogP contribution is 2.18. The van der Waals surface area contributed by atoms with Crippen LogP contribution in [0, 0.1) is 0 Å². The monoisotopic (exact) mass is 187 g/mol. The summed E-state index contributed by atoms with van der Waals surface area (Å²) in [5, 5.41) is 11.4. The molecule has 0 saturated heterocycles. The summed E-state index contributed by atoms with van der Waals surface area (Å²) < 4.78 is 1.78. The molecule has 3 rings (SSSR count). The Morgan fingerprint density at radius 3 is 3.21 bits per heavy atom. The summed E-state index contributed by atoms with van der Waals surface area (Å²) in [7, 11) is 0. The molecule has 0 unspecified atom stereocenters. The Hall–Kier alpha value is -2.24. The molecule has 0 aromatic carbocycles. The molecule has 68 valence electrons. The Balaban J connectivity index is 2.53. The molecule has 6 heteroatoms. The molecule has 3 aromatic rings. The van der Waals surface area contributed by atoms with Crippen molar-refractivity contribution in [2.75, 3.05) is 0 Å². The van der Waals surface area contributed by atoms with Crippen molar-refractivity contribution in [2.45, 2.75) is 0 Å². The van der Waals surface area contributed by atoms with Gasteiger partial charge in [-0.25, -0.2) is 15.0 Å². The maximum atomic E-state index is 8.44. The van der Waals surface area contributed by atoms with Crippen LogP contribution in [-0.2, 0) is 0 Å². The zero-order valence-corrected chi connectivity index (χ0v) is 6.99. The molecular formula is C8H5N5O. The Morgan fingerprint density at radius 1 is 1.43 bits per heavy atom. The fourth-order valence-corrected chi connectivity index (χ4v) is 1.53. The van der Waals surface area contributed by atoms with E-state index in [0.717, 1.165) is 11.0 Å². The summed E-state index contributed by atoms with van der Waals surface area (Å²) >= 11 is 0. The van der Waals surface area contributed by atoms with Crippen molar-refractivity contribution in [1.29, 1.82) is 0 Å². The lowest BCUT2D eigenvalue weighted by Crippen LogP contribution is -1.88. The van der Waals surface area contributed by atoms with Crippen molar-refractivity contribution >= 4 is 22.9 Å². The minimum atomic E-state index is 0.540.